The number of nitrogens with one attached hydrogen (secondary N) is 2. The molecule has 0 saturated heterocycles. The van der Waals surface area contributed by atoms with Crippen LogP contribution >= 0.6 is 12.2 Å². The fraction of sp³-hybridized carbons (Fsp3) is 0.381. The summed E-state index contributed by atoms with van der Waals surface area (Å²) in [5.74, 6) is 2.15. The molecule has 5 heteroatoms. The van der Waals surface area contributed by atoms with Crippen LogP contribution in [-0.2, 0) is 0 Å². The number of ether oxygens (including phenoxy) is 2. The van der Waals surface area contributed by atoms with Gasteiger partial charge in [-0.15, -0.1) is 0 Å². The monoisotopic (exact) mass is 372 g/mol. The van der Waals surface area contributed by atoms with Crippen LogP contribution in [0.5, 0.6) is 11.5 Å². The van der Waals surface area contributed by atoms with E-state index in [0.29, 0.717) is 11.0 Å². The molecule has 0 aliphatic rings. The van der Waals surface area contributed by atoms with Crippen LogP contribution in [0.3, 0.4) is 0 Å². The summed E-state index contributed by atoms with van der Waals surface area (Å²) < 4.78 is 10.8. The van der Waals surface area contributed by atoms with Crippen molar-refractivity contribution in [1.29, 1.82) is 0 Å². The van der Waals surface area contributed by atoms with Gasteiger partial charge in [0, 0.05) is 11.3 Å². The highest BCUT2D eigenvalue weighted by Gasteiger charge is 2.14. The minimum absolute atomic E-state index is 0.0283. The van der Waals surface area contributed by atoms with E-state index in [9.17, 15) is 0 Å². The molecule has 2 atom stereocenters. The Labute approximate surface area is 161 Å². The van der Waals surface area contributed by atoms with Gasteiger partial charge < -0.3 is 20.1 Å². The summed E-state index contributed by atoms with van der Waals surface area (Å²) >= 11 is 5.47. The van der Waals surface area contributed by atoms with E-state index >= 15 is 0 Å². The lowest BCUT2D eigenvalue weighted by Gasteiger charge is -2.20. The minimum atomic E-state index is -0.0283. The van der Waals surface area contributed by atoms with E-state index in [-0.39, 0.29) is 6.04 Å². The van der Waals surface area contributed by atoms with Gasteiger partial charge in [0.15, 0.2) is 5.11 Å². The highest BCUT2D eigenvalue weighted by atomic mass is 32.1. The number of benzene rings is 2. The predicted octanol–water partition coefficient (Wildman–Crippen LogP) is 5.26. The Morgan fingerprint density at radius 2 is 1.73 bits per heavy atom. The first-order valence-electron chi connectivity index (χ1n) is 8.87. The van der Waals surface area contributed by atoms with Gasteiger partial charge in [-0.2, -0.15) is 0 Å². The Bertz CT molecular complexity index is 731. The minimum Gasteiger partial charge on any atom is -0.497 e. The van der Waals surface area contributed by atoms with E-state index in [1.165, 1.54) is 5.56 Å². The van der Waals surface area contributed by atoms with Gasteiger partial charge in [0.2, 0.25) is 0 Å². The molecule has 0 bridgehead atoms. The average Bonchev–Trinajstić information content (AvgIpc) is 2.67. The van der Waals surface area contributed by atoms with Crippen molar-refractivity contribution in [2.45, 2.75) is 39.2 Å². The number of anilines is 1. The first kappa shape index (κ1) is 20.0. The third kappa shape index (κ3) is 5.11. The molecule has 0 aromatic heterocycles. The number of hydrogen-bond acceptors (Lipinski definition) is 3. The number of hydrogen-bond donors (Lipinski definition) is 2. The highest BCUT2D eigenvalue weighted by Crippen LogP contribution is 2.29. The molecule has 2 rings (SSSR count). The van der Waals surface area contributed by atoms with E-state index in [1.54, 1.807) is 14.2 Å². The molecular formula is C21H28N2O2S. The molecule has 0 spiro atoms. The molecule has 4 nitrogen and oxygen atoms in total. The topological polar surface area (TPSA) is 42.5 Å². The lowest BCUT2D eigenvalue weighted by atomic mass is 9.99. The molecule has 0 heterocycles. The Balaban J connectivity index is 2.03. The van der Waals surface area contributed by atoms with Gasteiger partial charge in [-0.3, -0.25) is 0 Å². The smallest absolute Gasteiger partial charge is 0.171 e. The molecular weight excluding hydrogens is 344 g/mol. The van der Waals surface area contributed by atoms with Gasteiger partial charge in [-0.05, 0) is 67.4 Å². The molecule has 2 N–H and O–H groups in total. The number of thiocarbonyl (C=S) groups is 1. The van der Waals surface area contributed by atoms with Crippen molar-refractivity contribution in [2.24, 2.45) is 0 Å². The van der Waals surface area contributed by atoms with Crippen LogP contribution in [0.25, 0.3) is 0 Å². The lowest BCUT2D eigenvalue weighted by molar-refractivity contribution is 0.395. The number of methoxy groups -OCH3 is 2. The summed E-state index contributed by atoms with van der Waals surface area (Å²) in [4.78, 5) is 0. The van der Waals surface area contributed by atoms with Crippen LogP contribution in [-0.4, -0.2) is 19.3 Å². The van der Waals surface area contributed by atoms with Crippen LogP contribution < -0.4 is 20.1 Å². The van der Waals surface area contributed by atoms with Crippen LogP contribution in [0.15, 0.2) is 42.5 Å². The van der Waals surface area contributed by atoms with E-state index < -0.39 is 0 Å². The Morgan fingerprint density at radius 1 is 1.04 bits per heavy atom. The van der Waals surface area contributed by atoms with Crippen molar-refractivity contribution in [2.75, 3.05) is 19.5 Å². The molecule has 2 aromatic rings. The third-order valence-electron chi connectivity index (χ3n) is 4.60. The van der Waals surface area contributed by atoms with E-state index in [4.69, 9.17) is 21.7 Å². The molecule has 26 heavy (non-hydrogen) atoms. The van der Waals surface area contributed by atoms with Crippen molar-refractivity contribution in [1.82, 2.24) is 5.32 Å². The Kier molecular flexibility index (Phi) is 7.27. The largest absolute Gasteiger partial charge is 0.497 e. The van der Waals surface area contributed by atoms with Crippen LogP contribution in [0.4, 0.5) is 5.69 Å². The molecule has 2 aromatic carbocycles. The summed E-state index contributed by atoms with van der Waals surface area (Å²) in [6.45, 7) is 6.47. The Hall–Kier alpha value is -2.27. The average molecular weight is 373 g/mol. The molecule has 0 amide bonds. The molecule has 140 valence electrons. The zero-order chi connectivity index (χ0) is 19.1. The summed E-state index contributed by atoms with van der Waals surface area (Å²) in [6.07, 6.45) is 1.13. The van der Waals surface area contributed by atoms with Crippen LogP contribution in [0.1, 0.15) is 50.3 Å². The molecule has 0 fully saturated rings. The first-order valence-corrected chi connectivity index (χ1v) is 9.28. The maximum atomic E-state index is 5.47. The highest BCUT2D eigenvalue weighted by molar-refractivity contribution is 7.80. The molecule has 0 radical (unpaired) electrons. The maximum absolute atomic E-state index is 5.47. The maximum Gasteiger partial charge on any atom is 0.171 e. The quantitative estimate of drug-likeness (QED) is 0.649. The second-order valence-electron chi connectivity index (χ2n) is 6.36. The second kappa shape index (κ2) is 9.43. The summed E-state index contributed by atoms with van der Waals surface area (Å²) in [5, 5.41) is 7.11. The van der Waals surface area contributed by atoms with Crippen molar-refractivity contribution in [3.05, 3.63) is 53.6 Å². The van der Waals surface area contributed by atoms with E-state index in [0.717, 1.165) is 29.2 Å². The van der Waals surface area contributed by atoms with E-state index in [1.807, 2.05) is 25.1 Å². The Morgan fingerprint density at radius 3 is 2.31 bits per heavy atom. The van der Waals surface area contributed by atoms with Gasteiger partial charge in [0.1, 0.15) is 11.5 Å². The second-order valence-corrected chi connectivity index (χ2v) is 6.77. The fourth-order valence-corrected chi connectivity index (χ4v) is 3.04. The van der Waals surface area contributed by atoms with Gasteiger partial charge in [0.25, 0.3) is 0 Å². The summed E-state index contributed by atoms with van der Waals surface area (Å²) in [6, 6.07) is 14.1. The van der Waals surface area contributed by atoms with Crippen molar-refractivity contribution in [3.8, 4) is 11.5 Å². The zero-order valence-electron chi connectivity index (χ0n) is 16.1. The fourth-order valence-electron chi connectivity index (χ4n) is 2.75. The summed E-state index contributed by atoms with van der Waals surface area (Å²) in [5.41, 5.74) is 3.30. The van der Waals surface area contributed by atoms with Gasteiger partial charge in [-0.1, -0.05) is 26.0 Å². The van der Waals surface area contributed by atoms with Gasteiger partial charge in [0.05, 0.1) is 20.3 Å². The normalized spacial score (nSPS) is 12.8. The molecule has 2 unspecified atom stereocenters. The summed E-state index contributed by atoms with van der Waals surface area (Å²) in [7, 11) is 3.31. The van der Waals surface area contributed by atoms with Crippen molar-refractivity contribution < 1.29 is 9.47 Å². The van der Waals surface area contributed by atoms with Gasteiger partial charge in [-0.25, -0.2) is 0 Å². The third-order valence-corrected chi connectivity index (χ3v) is 4.82. The lowest BCUT2D eigenvalue weighted by Crippen LogP contribution is -2.31. The van der Waals surface area contributed by atoms with E-state index in [2.05, 4.69) is 48.7 Å². The molecule has 0 saturated carbocycles. The molecule has 0 aliphatic carbocycles. The van der Waals surface area contributed by atoms with Crippen LogP contribution in [0.2, 0.25) is 0 Å². The van der Waals surface area contributed by atoms with Crippen molar-refractivity contribution in [3.63, 3.8) is 0 Å². The SMILES string of the molecule is CCC(C)c1ccc(NC(=S)NC(C)c2cc(OC)ccc2OC)cc1. The number of rotatable bonds is 7. The molecule has 0 aliphatic heterocycles. The van der Waals surface area contributed by atoms with Crippen molar-refractivity contribution >= 4 is 23.0 Å². The van der Waals surface area contributed by atoms with Crippen LogP contribution in [0, 0.1) is 0 Å². The zero-order valence-corrected chi connectivity index (χ0v) is 16.9. The standard InChI is InChI=1S/C21H28N2O2S/c1-6-14(2)16-7-9-17(10-8-16)23-21(26)22-15(3)19-13-18(24-4)11-12-20(19)25-5/h7-15H,6H2,1-5H3,(H2,22,23,26). The first-order chi connectivity index (χ1) is 12.5. The predicted molar refractivity (Wildman–Crippen MR) is 112 cm³/mol. The van der Waals surface area contributed by atoms with Gasteiger partial charge >= 0.3 is 0 Å².